The van der Waals surface area contributed by atoms with Crippen LogP contribution in [0.15, 0.2) is 18.2 Å². The number of anilines is 2. The molecule has 5 nitrogen and oxygen atoms in total. The molecular formula is C16H21Cl2N3O2. The number of carbonyl (C=O) groups excluding carboxylic acids is 2. The molecule has 1 saturated heterocycles. The van der Waals surface area contributed by atoms with Gasteiger partial charge in [-0.3, -0.25) is 9.59 Å². The summed E-state index contributed by atoms with van der Waals surface area (Å²) in [4.78, 5) is 23.8. The Bertz CT molecular complexity index is 615. The van der Waals surface area contributed by atoms with E-state index in [0.29, 0.717) is 16.4 Å². The third kappa shape index (κ3) is 3.97. The summed E-state index contributed by atoms with van der Waals surface area (Å²) in [5.41, 5.74) is 1.32. The van der Waals surface area contributed by atoms with E-state index in [1.807, 2.05) is 0 Å². The molecule has 126 valence electrons. The molecule has 0 bridgehead atoms. The highest BCUT2D eigenvalue weighted by molar-refractivity contribution is 6.31. The van der Waals surface area contributed by atoms with Crippen molar-refractivity contribution in [3.63, 3.8) is 0 Å². The van der Waals surface area contributed by atoms with E-state index < -0.39 is 0 Å². The molecule has 1 aromatic carbocycles. The highest BCUT2D eigenvalue weighted by atomic mass is 35.5. The standard InChI is InChI=1S/C16H20ClN3O2.ClH/c1-10(21)19-14-8-11(17)2-3-13(14)20-15(22)12-9-16(12)4-6-18-7-5-16;/h2-3,8,12,18H,4-7,9H2,1H3,(H,19,21)(H,20,22);1H. The molecule has 23 heavy (non-hydrogen) atoms. The van der Waals surface area contributed by atoms with E-state index in [9.17, 15) is 9.59 Å². The first-order chi connectivity index (χ1) is 10.5. The summed E-state index contributed by atoms with van der Waals surface area (Å²) in [7, 11) is 0. The summed E-state index contributed by atoms with van der Waals surface area (Å²) < 4.78 is 0. The quantitative estimate of drug-likeness (QED) is 0.778. The predicted octanol–water partition coefficient (Wildman–Crippen LogP) is 3.05. The maximum atomic E-state index is 12.5. The predicted molar refractivity (Wildman–Crippen MR) is 94.3 cm³/mol. The third-order valence-electron chi connectivity index (χ3n) is 4.66. The first-order valence-electron chi connectivity index (χ1n) is 7.59. The van der Waals surface area contributed by atoms with Crippen molar-refractivity contribution in [2.75, 3.05) is 23.7 Å². The molecule has 1 heterocycles. The van der Waals surface area contributed by atoms with Crippen LogP contribution in [-0.2, 0) is 9.59 Å². The van der Waals surface area contributed by atoms with Crippen LogP contribution in [0.3, 0.4) is 0 Å². The van der Waals surface area contributed by atoms with Crippen molar-refractivity contribution >= 4 is 47.2 Å². The maximum Gasteiger partial charge on any atom is 0.228 e. The fourth-order valence-electron chi connectivity index (χ4n) is 3.33. The second-order valence-electron chi connectivity index (χ2n) is 6.23. The monoisotopic (exact) mass is 357 g/mol. The summed E-state index contributed by atoms with van der Waals surface area (Å²) >= 11 is 5.96. The maximum absolute atomic E-state index is 12.5. The third-order valence-corrected chi connectivity index (χ3v) is 4.89. The average molecular weight is 358 g/mol. The van der Waals surface area contributed by atoms with Gasteiger partial charge >= 0.3 is 0 Å². The Morgan fingerprint density at radius 1 is 1.22 bits per heavy atom. The number of rotatable bonds is 3. The van der Waals surface area contributed by atoms with Gasteiger partial charge in [-0.1, -0.05) is 11.6 Å². The molecule has 3 rings (SSSR count). The largest absolute Gasteiger partial charge is 0.324 e. The lowest BCUT2D eigenvalue weighted by Gasteiger charge is -2.23. The molecule has 0 radical (unpaired) electrons. The van der Waals surface area contributed by atoms with E-state index in [4.69, 9.17) is 11.6 Å². The minimum atomic E-state index is -0.195. The van der Waals surface area contributed by atoms with Gasteiger partial charge in [0.25, 0.3) is 0 Å². The molecule has 0 aromatic heterocycles. The molecule has 3 N–H and O–H groups in total. The van der Waals surface area contributed by atoms with Crippen LogP contribution in [0.4, 0.5) is 11.4 Å². The van der Waals surface area contributed by atoms with Crippen LogP contribution in [0, 0.1) is 11.3 Å². The van der Waals surface area contributed by atoms with Gasteiger partial charge in [-0.25, -0.2) is 0 Å². The van der Waals surface area contributed by atoms with Crippen molar-refractivity contribution in [3.8, 4) is 0 Å². The first kappa shape index (κ1) is 18.0. The van der Waals surface area contributed by atoms with Crippen molar-refractivity contribution in [2.45, 2.75) is 26.2 Å². The van der Waals surface area contributed by atoms with Crippen molar-refractivity contribution < 1.29 is 9.59 Å². The van der Waals surface area contributed by atoms with Gasteiger partial charge in [0.1, 0.15) is 0 Å². The highest BCUT2D eigenvalue weighted by Crippen LogP contribution is 2.58. The number of carbonyl (C=O) groups is 2. The molecule has 1 atom stereocenters. The molecule has 1 aromatic rings. The number of hydrogen-bond donors (Lipinski definition) is 3. The van der Waals surface area contributed by atoms with Crippen LogP contribution in [0.1, 0.15) is 26.2 Å². The van der Waals surface area contributed by atoms with E-state index in [-0.39, 0.29) is 35.6 Å². The molecule has 2 aliphatic rings. The van der Waals surface area contributed by atoms with Gasteiger partial charge in [0, 0.05) is 17.9 Å². The van der Waals surface area contributed by atoms with Crippen LogP contribution >= 0.6 is 24.0 Å². The van der Waals surface area contributed by atoms with E-state index in [1.165, 1.54) is 6.92 Å². The Balaban J connectivity index is 0.00000192. The lowest BCUT2D eigenvalue weighted by molar-refractivity contribution is -0.118. The van der Waals surface area contributed by atoms with Crippen LogP contribution in [0.5, 0.6) is 0 Å². The van der Waals surface area contributed by atoms with Crippen LogP contribution in [-0.4, -0.2) is 24.9 Å². The van der Waals surface area contributed by atoms with Gasteiger partial charge in [-0.2, -0.15) is 0 Å². The van der Waals surface area contributed by atoms with Crippen LogP contribution in [0.2, 0.25) is 5.02 Å². The topological polar surface area (TPSA) is 70.2 Å². The lowest BCUT2D eigenvalue weighted by atomic mass is 9.92. The fourth-order valence-corrected chi connectivity index (χ4v) is 3.51. The van der Waals surface area contributed by atoms with Crippen molar-refractivity contribution in [3.05, 3.63) is 23.2 Å². The summed E-state index contributed by atoms with van der Waals surface area (Å²) in [6, 6.07) is 5.07. The Kier molecular flexibility index (Phi) is 5.55. The highest BCUT2D eigenvalue weighted by Gasteiger charge is 2.57. The minimum absolute atomic E-state index is 0. The SMILES string of the molecule is CC(=O)Nc1cc(Cl)ccc1NC(=O)C1CC12CCNCC2.Cl. The molecule has 1 unspecified atom stereocenters. The molecule has 1 aliphatic carbocycles. The molecule has 1 aliphatic heterocycles. The normalized spacial score (nSPS) is 21.2. The lowest BCUT2D eigenvalue weighted by Crippen LogP contribution is -2.31. The number of halogens is 2. The van der Waals surface area contributed by atoms with Gasteiger partial charge in [0.2, 0.25) is 11.8 Å². The van der Waals surface area contributed by atoms with Gasteiger partial charge in [-0.15, -0.1) is 12.4 Å². The van der Waals surface area contributed by atoms with Crippen LogP contribution < -0.4 is 16.0 Å². The van der Waals surface area contributed by atoms with Gasteiger partial charge in [0.05, 0.1) is 11.4 Å². The molecular weight excluding hydrogens is 337 g/mol. The number of benzene rings is 1. The molecule has 2 fully saturated rings. The Morgan fingerprint density at radius 2 is 1.91 bits per heavy atom. The number of amides is 2. The number of piperidine rings is 1. The summed E-state index contributed by atoms with van der Waals surface area (Å²) in [5.74, 6) is -0.0784. The Hall–Kier alpha value is -1.30. The molecule has 1 saturated carbocycles. The summed E-state index contributed by atoms with van der Waals surface area (Å²) in [6.45, 7) is 3.40. The molecule has 7 heteroatoms. The molecule has 1 spiro atoms. The van der Waals surface area contributed by atoms with Gasteiger partial charge in [0.15, 0.2) is 0 Å². The smallest absolute Gasteiger partial charge is 0.228 e. The number of nitrogens with one attached hydrogen (secondary N) is 3. The van der Waals surface area contributed by atoms with Gasteiger partial charge < -0.3 is 16.0 Å². The van der Waals surface area contributed by atoms with Crippen molar-refractivity contribution in [1.82, 2.24) is 5.32 Å². The van der Waals surface area contributed by atoms with Crippen molar-refractivity contribution in [1.29, 1.82) is 0 Å². The summed E-state index contributed by atoms with van der Waals surface area (Å²) in [6.07, 6.45) is 3.08. The number of hydrogen-bond acceptors (Lipinski definition) is 3. The van der Waals surface area contributed by atoms with E-state index in [0.717, 1.165) is 32.4 Å². The second-order valence-corrected chi connectivity index (χ2v) is 6.67. The second kappa shape index (κ2) is 7.07. The average Bonchev–Trinajstić information content (AvgIpc) is 3.15. The zero-order chi connectivity index (χ0) is 15.7. The Morgan fingerprint density at radius 3 is 2.57 bits per heavy atom. The summed E-state index contributed by atoms with van der Waals surface area (Å²) in [5, 5.41) is 9.50. The van der Waals surface area contributed by atoms with E-state index in [1.54, 1.807) is 18.2 Å². The minimum Gasteiger partial charge on any atom is -0.324 e. The Labute approximate surface area is 146 Å². The molecule has 2 amide bonds. The van der Waals surface area contributed by atoms with E-state index in [2.05, 4.69) is 16.0 Å². The van der Waals surface area contributed by atoms with Crippen molar-refractivity contribution in [2.24, 2.45) is 11.3 Å². The fraction of sp³-hybridized carbons (Fsp3) is 0.500. The first-order valence-corrected chi connectivity index (χ1v) is 7.97. The van der Waals surface area contributed by atoms with Crippen LogP contribution in [0.25, 0.3) is 0 Å². The zero-order valence-electron chi connectivity index (χ0n) is 12.9. The zero-order valence-corrected chi connectivity index (χ0v) is 14.5. The van der Waals surface area contributed by atoms with Gasteiger partial charge in [-0.05, 0) is 56.0 Å². The van der Waals surface area contributed by atoms with E-state index >= 15 is 0 Å².